The van der Waals surface area contributed by atoms with Crippen LogP contribution in [0.15, 0.2) is 23.2 Å². The van der Waals surface area contributed by atoms with Crippen LogP contribution in [0.5, 0.6) is 0 Å². The van der Waals surface area contributed by atoms with Gasteiger partial charge in [0, 0.05) is 25.9 Å². The lowest BCUT2D eigenvalue weighted by Gasteiger charge is -2.20. The van der Waals surface area contributed by atoms with Crippen molar-refractivity contribution in [2.45, 2.75) is 32.9 Å². The van der Waals surface area contributed by atoms with E-state index in [0.717, 1.165) is 0 Å². The number of hydrogen-bond acceptors (Lipinski definition) is 5. The monoisotopic (exact) mass is 263 g/mol. The van der Waals surface area contributed by atoms with Crippen LogP contribution in [0.1, 0.15) is 31.6 Å². The van der Waals surface area contributed by atoms with Crippen molar-refractivity contribution in [1.29, 1.82) is 0 Å². The van der Waals surface area contributed by atoms with Crippen LogP contribution in [-0.4, -0.2) is 37.5 Å². The summed E-state index contributed by atoms with van der Waals surface area (Å²) in [6.07, 6.45) is 5.73. The first kappa shape index (κ1) is 13.3. The van der Waals surface area contributed by atoms with Gasteiger partial charge in [-0.15, -0.1) is 0 Å². The summed E-state index contributed by atoms with van der Waals surface area (Å²) in [5.41, 5.74) is 0. The third kappa shape index (κ3) is 2.98. The maximum absolute atomic E-state index is 12.2. The predicted molar refractivity (Wildman–Crippen MR) is 67.1 cm³/mol. The number of aromatic nitrogens is 4. The first-order valence-electron chi connectivity index (χ1n) is 6.15. The molecule has 2 rings (SSSR count). The molecule has 0 N–H and O–H groups in total. The molecular formula is C12H17N5O2. The normalized spacial score (nSPS) is 12.4. The largest absolute Gasteiger partial charge is 0.339 e. The predicted octanol–water partition coefficient (Wildman–Crippen LogP) is 1.05. The maximum Gasteiger partial charge on any atom is 0.245 e. The highest BCUT2D eigenvalue weighted by Crippen LogP contribution is 2.10. The Morgan fingerprint density at radius 2 is 2.37 bits per heavy atom. The van der Waals surface area contributed by atoms with Gasteiger partial charge in [-0.25, -0.2) is 4.98 Å². The molecule has 0 aromatic carbocycles. The highest BCUT2D eigenvalue weighted by atomic mass is 16.5. The minimum absolute atomic E-state index is 0.0270. The van der Waals surface area contributed by atoms with Crippen LogP contribution in [0.2, 0.25) is 0 Å². The Morgan fingerprint density at radius 3 is 2.95 bits per heavy atom. The Labute approximate surface area is 111 Å². The van der Waals surface area contributed by atoms with Crippen LogP contribution in [0.4, 0.5) is 0 Å². The third-order valence-corrected chi connectivity index (χ3v) is 2.90. The summed E-state index contributed by atoms with van der Waals surface area (Å²) >= 11 is 0. The number of nitrogens with zero attached hydrogens (tertiary/aromatic N) is 5. The average Bonchev–Trinajstić information content (AvgIpc) is 3.07. The van der Waals surface area contributed by atoms with E-state index in [9.17, 15) is 4.79 Å². The van der Waals surface area contributed by atoms with Crippen LogP contribution in [0, 0.1) is 0 Å². The van der Waals surface area contributed by atoms with Crippen molar-refractivity contribution in [2.24, 2.45) is 0 Å². The van der Waals surface area contributed by atoms with Crippen LogP contribution >= 0.6 is 0 Å². The number of likely N-dealkylation sites (N-methyl/N-ethyl adjacent to an activating group) is 1. The lowest BCUT2D eigenvalue weighted by Crippen LogP contribution is -2.32. The van der Waals surface area contributed by atoms with Gasteiger partial charge in [-0.2, -0.15) is 4.98 Å². The molecule has 1 atom stereocenters. The molecule has 2 aromatic heterocycles. The summed E-state index contributed by atoms with van der Waals surface area (Å²) < 4.78 is 6.77. The molecular weight excluding hydrogens is 246 g/mol. The van der Waals surface area contributed by atoms with Crippen molar-refractivity contribution in [1.82, 2.24) is 24.6 Å². The fraction of sp³-hybridized carbons (Fsp3) is 0.500. The van der Waals surface area contributed by atoms with Crippen molar-refractivity contribution in [2.75, 3.05) is 7.05 Å². The molecule has 0 aliphatic heterocycles. The number of carbonyl (C=O) groups excluding carboxylic acids is 1. The number of hydrogen-bond donors (Lipinski definition) is 0. The average molecular weight is 263 g/mol. The Kier molecular flexibility index (Phi) is 3.94. The fourth-order valence-electron chi connectivity index (χ4n) is 1.73. The van der Waals surface area contributed by atoms with Gasteiger partial charge in [-0.1, -0.05) is 12.1 Å². The van der Waals surface area contributed by atoms with E-state index in [-0.39, 0.29) is 11.9 Å². The van der Waals surface area contributed by atoms with E-state index < -0.39 is 0 Å². The summed E-state index contributed by atoms with van der Waals surface area (Å²) in [5, 5.41) is 3.83. The molecule has 0 saturated carbocycles. The van der Waals surface area contributed by atoms with Gasteiger partial charge in [0.15, 0.2) is 5.82 Å². The standard InChI is InChI=1S/C12H17N5O2/c1-4-11-14-10(15-19-11)7-16(3)12(18)9(2)17-6-5-13-8-17/h5-6,8-9H,4,7H2,1-3H3/t9-/m1/s1. The molecule has 0 saturated heterocycles. The van der Waals surface area contributed by atoms with Gasteiger partial charge in [0.2, 0.25) is 11.8 Å². The van der Waals surface area contributed by atoms with Gasteiger partial charge < -0.3 is 14.0 Å². The molecule has 0 spiro atoms. The van der Waals surface area contributed by atoms with Gasteiger partial charge in [0.25, 0.3) is 0 Å². The SMILES string of the molecule is CCc1nc(CN(C)C(=O)[C@@H](C)n2ccnc2)no1. The third-order valence-electron chi connectivity index (χ3n) is 2.90. The van der Waals surface area contributed by atoms with E-state index in [1.54, 1.807) is 35.2 Å². The smallest absolute Gasteiger partial charge is 0.245 e. The Hall–Kier alpha value is -2.18. The highest BCUT2D eigenvalue weighted by Gasteiger charge is 2.20. The molecule has 102 valence electrons. The van der Waals surface area contributed by atoms with Crippen molar-refractivity contribution in [3.8, 4) is 0 Å². The van der Waals surface area contributed by atoms with Crippen LogP contribution in [-0.2, 0) is 17.8 Å². The van der Waals surface area contributed by atoms with Crippen molar-refractivity contribution in [3.05, 3.63) is 30.4 Å². The second-order valence-corrected chi connectivity index (χ2v) is 4.34. The Bertz CT molecular complexity index is 534. The van der Waals surface area contributed by atoms with Gasteiger partial charge >= 0.3 is 0 Å². The molecule has 0 aliphatic carbocycles. The summed E-state index contributed by atoms with van der Waals surface area (Å²) in [4.78, 5) is 21.9. The summed E-state index contributed by atoms with van der Waals surface area (Å²) in [7, 11) is 1.72. The molecule has 7 heteroatoms. The van der Waals surface area contributed by atoms with E-state index in [2.05, 4.69) is 15.1 Å². The minimum Gasteiger partial charge on any atom is -0.339 e. The van der Waals surface area contributed by atoms with Crippen LogP contribution < -0.4 is 0 Å². The zero-order valence-corrected chi connectivity index (χ0v) is 11.3. The number of carbonyl (C=O) groups is 1. The topological polar surface area (TPSA) is 77.1 Å². The van der Waals surface area contributed by atoms with Gasteiger partial charge in [0.05, 0.1) is 12.9 Å². The maximum atomic E-state index is 12.2. The molecule has 2 aromatic rings. The van der Waals surface area contributed by atoms with E-state index in [4.69, 9.17) is 4.52 Å². The second-order valence-electron chi connectivity index (χ2n) is 4.34. The molecule has 1 amide bonds. The first-order chi connectivity index (χ1) is 9.11. The lowest BCUT2D eigenvalue weighted by atomic mass is 10.3. The van der Waals surface area contributed by atoms with Crippen molar-refractivity contribution >= 4 is 5.91 Å². The zero-order valence-electron chi connectivity index (χ0n) is 11.3. The van der Waals surface area contributed by atoms with E-state index in [0.29, 0.717) is 24.7 Å². The summed E-state index contributed by atoms with van der Waals surface area (Å²) in [6.45, 7) is 4.10. The van der Waals surface area contributed by atoms with E-state index in [1.807, 2.05) is 13.8 Å². The number of aryl methyl sites for hydroxylation is 1. The van der Waals surface area contributed by atoms with E-state index in [1.165, 1.54) is 0 Å². The summed E-state index contributed by atoms with van der Waals surface area (Å²) in [5.74, 6) is 1.07. The Morgan fingerprint density at radius 1 is 1.58 bits per heavy atom. The molecule has 19 heavy (non-hydrogen) atoms. The van der Waals surface area contributed by atoms with Crippen LogP contribution in [0.3, 0.4) is 0 Å². The second kappa shape index (κ2) is 5.64. The van der Waals surface area contributed by atoms with Gasteiger partial charge in [0.1, 0.15) is 6.04 Å². The molecule has 7 nitrogen and oxygen atoms in total. The quantitative estimate of drug-likeness (QED) is 0.805. The number of imidazole rings is 1. The van der Waals surface area contributed by atoms with Crippen molar-refractivity contribution < 1.29 is 9.32 Å². The number of amides is 1. The van der Waals surface area contributed by atoms with Crippen molar-refractivity contribution in [3.63, 3.8) is 0 Å². The summed E-state index contributed by atoms with van der Waals surface area (Å²) in [6, 6.07) is -0.301. The zero-order chi connectivity index (χ0) is 13.8. The van der Waals surface area contributed by atoms with Gasteiger partial charge in [-0.3, -0.25) is 4.79 Å². The minimum atomic E-state index is -0.301. The molecule has 0 bridgehead atoms. The Balaban J connectivity index is 1.99. The van der Waals surface area contributed by atoms with Crippen LogP contribution in [0.25, 0.3) is 0 Å². The highest BCUT2D eigenvalue weighted by molar-refractivity contribution is 5.79. The first-order valence-corrected chi connectivity index (χ1v) is 6.15. The number of rotatable bonds is 5. The lowest BCUT2D eigenvalue weighted by molar-refractivity contribution is -0.133. The molecule has 0 aliphatic rings. The molecule has 2 heterocycles. The molecule has 0 radical (unpaired) electrons. The molecule has 0 unspecified atom stereocenters. The van der Waals surface area contributed by atoms with E-state index >= 15 is 0 Å². The fourth-order valence-corrected chi connectivity index (χ4v) is 1.73. The molecule has 0 fully saturated rings. The van der Waals surface area contributed by atoms with Gasteiger partial charge in [-0.05, 0) is 6.92 Å².